The van der Waals surface area contributed by atoms with Crippen molar-refractivity contribution >= 4 is 27.6 Å². The van der Waals surface area contributed by atoms with E-state index < -0.39 is 0 Å². The van der Waals surface area contributed by atoms with Crippen molar-refractivity contribution in [1.82, 2.24) is 9.97 Å². The summed E-state index contributed by atoms with van der Waals surface area (Å²) in [6.07, 6.45) is 4.15. The molecule has 3 N–H and O–H groups in total. The van der Waals surface area contributed by atoms with Gasteiger partial charge in [0.1, 0.15) is 16.6 Å². The highest BCUT2D eigenvalue weighted by molar-refractivity contribution is 9.10. The number of nitrogen functional groups attached to an aromatic ring is 1. The average Bonchev–Trinajstić information content (AvgIpc) is 3.11. The molecule has 1 atom stereocenters. The molecule has 1 aliphatic rings. The zero-order valence-corrected chi connectivity index (χ0v) is 11.0. The van der Waals surface area contributed by atoms with E-state index in [0.717, 1.165) is 16.2 Å². The quantitative estimate of drug-likeness (QED) is 0.652. The van der Waals surface area contributed by atoms with Gasteiger partial charge in [0.2, 0.25) is 0 Å². The van der Waals surface area contributed by atoms with Crippen LogP contribution in [0, 0.1) is 5.92 Å². The van der Waals surface area contributed by atoms with Crippen molar-refractivity contribution in [2.24, 2.45) is 11.8 Å². The zero-order chi connectivity index (χ0) is 11.7. The minimum Gasteiger partial charge on any atom is -0.356 e. The fourth-order valence-corrected chi connectivity index (χ4v) is 2.39. The number of halogens is 1. The van der Waals surface area contributed by atoms with Gasteiger partial charge in [0.25, 0.3) is 0 Å². The molecule has 0 amide bonds. The second-order valence-corrected chi connectivity index (χ2v) is 4.99. The highest BCUT2D eigenvalue weighted by Gasteiger charge is 2.31. The molecule has 1 fully saturated rings. The summed E-state index contributed by atoms with van der Waals surface area (Å²) in [7, 11) is 2.05. The smallest absolute Gasteiger partial charge is 0.159 e. The summed E-state index contributed by atoms with van der Waals surface area (Å²) in [6, 6.07) is 0.497. The van der Waals surface area contributed by atoms with Crippen LogP contribution in [0.15, 0.2) is 10.8 Å². The predicted molar refractivity (Wildman–Crippen MR) is 68.1 cm³/mol. The standard InChI is InChI=1S/C10H16BrN5/c1-6(7-3-4-7)16(2)10-8(11)9(15-12)13-5-14-10/h5-7H,3-4,12H2,1-2H3,(H,13,14,15). The lowest BCUT2D eigenvalue weighted by molar-refractivity contribution is 0.602. The molecule has 0 saturated heterocycles. The molecule has 6 heteroatoms. The molecule has 2 rings (SSSR count). The SMILES string of the molecule is CC(C1CC1)N(C)c1ncnc(NN)c1Br. The molecule has 1 saturated carbocycles. The van der Waals surface area contributed by atoms with Gasteiger partial charge >= 0.3 is 0 Å². The Morgan fingerprint density at radius 2 is 2.25 bits per heavy atom. The minimum absolute atomic E-state index is 0.497. The summed E-state index contributed by atoms with van der Waals surface area (Å²) in [5.41, 5.74) is 2.55. The zero-order valence-electron chi connectivity index (χ0n) is 9.44. The van der Waals surface area contributed by atoms with Gasteiger partial charge in [0, 0.05) is 13.1 Å². The third-order valence-corrected chi connectivity index (χ3v) is 3.89. The Morgan fingerprint density at radius 1 is 1.56 bits per heavy atom. The van der Waals surface area contributed by atoms with E-state index in [1.807, 2.05) is 0 Å². The number of hydrogen-bond donors (Lipinski definition) is 2. The largest absolute Gasteiger partial charge is 0.356 e. The van der Waals surface area contributed by atoms with E-state index in [1.165, 1.54) is 19.2 Å². The number of aromatic nitrogens is 2. The molecule has 5 nitrogen and oxygen atoms in total. The Hall–Kier alpha value is -0.880. The molecule has 16 heavy (non-hydrogen) atoms. The van der Waals surface area contributed by atoms with E-state index in [1.54, 1.807) is 0 Å². The first-order valence-electron chi connectivity index (χ1n) is 5.35. The van der Waals surface area contributed by atoms with Gasteiger partial charge in [0.05, 0.1) is 0 Å². The fourth-order valence-electron chi connectivity index (χ4n) is 1.79. The van der Waals surface area contributed by atoms with E-state index in [2.05, 4.69) is 50.2 Å². The number of nitrogens with two attached hydrogens (primary N) is 1. The van der Waals surface area contributed by atoms with Crippen molar-refractivity contribution < 1.29 is 0 Å². The normalized spacial score (nSPS) is 17.0. The molecule has 1 aromatic rings. The van der Waals surface area contributed by atoms with Crippen molar-refractivity contribution in [2.75, 3.05) is 17.4 Å². The summed E-state index contributed by atoms with van der Waals surface area (Å²) in [4.78, 5) is 10.5. The maximum absolute atomic E-state index is 5.38. The molecule has 0 radical (unpaired) electrons. The number of rotatable bonds is 4. The number of nitrogens with one attached hydrogen (secondary N) is 1. The molecular formula is C10H16BrN5. The molecule has 0 spiro atoms. The molecule has 1 heterocycles. The van der Waals surface area contributed by atoms with E-state index in [9.17, 15) is 0 Å². The fraction of sp³-hybridized carbons (Fsp3) is 0.600. The molecule has 0 aromatic carbocycles. The van der Waals surface area contributed by atoms with E-state index >= 15 is 0 Å². The van der Waals surface area contributed by atoms with Crippen LogP contribution in [0.4, 0.5) is 11.6 Å². The Kier molecular flexibility index (Phi) is 3.30. The number of hydrazine groups is 1. The van der Waals surface area contributed by atoms with Gasteiger partial charge in [-0.15, -0.1) is 0 Å². The van der Waals surface area contributed by atoms with Gasteiger partial charge in [-0.3, -0.25) is 0 Å². The summed E-state index contributed by atoms with van der Waals surface area (Å²) in [6.45, 7) is 2.22. The molecule has 0 bridgehead atoms. The monoisotopic (exact) mass is 285 g/mol. The summed E-state index contributed by atoms with van der Waals surface area (Å²) < 4.78 is 0.813. The first-order chi connectivity index (χ1) is 7.65. The van der Waals surface area contributed by atoms with Crippen molar-refractivity contribution in [1.29, 1.82) is 0 Å². The molecular weight excluding hydrogens is 270 g/mol. The van der Waals surface area contributed by atoms with Gasteiger partial charge in [-0.2, -0.15) is 0 Å². The van der Waals surface area contributed by atoms with E-state index in [4.69, 9.17) is 5.84 Å². The highest BCUT2D eigenvalue weighted by Crippen LogP contribution is 2.38. The lowest BCUT2D eigenvalue weighted by Gasteiger charge is -2.27. The van der Waals surface area contributed by atoms with Crippen LogP contribution >= 0.6 is 15.9 Å². The average molecular weight is 286 g/mol. The van der Waals surface area contributed by atoms with Crippen molar-refractivity contribution in [3.8, 4) is 0 Å². The molecule has 1 aromatic heterocycles. The van der Waals surface area contributed by atoms with Crippen LogP contribution in [0.25, 0.3) is 0 Å². The Morgan fingerprint density at radius 3 is 2.81 bits per heavy atom. The maximum atomic E-state index is 5.38. The first kappa shape index (κ1) is 11.6. The Bertz CT molecular complexity index is 379. The van der Waals surface area contributed by atoms with Crippen LogP contribution in [-0.2, 0) is 0 Å². The van der Waals surface area contributed by atoms with Gasteiger partial charge in [-0.1, -0.05) is 0 Å². The summed E-state index contributed by atoms with van der Waals surface area (Å²) >= 11 is 3.47. The second-order valence-electron chi connectivity index (χ2n) is 4.19. The van der Waals surface area contributed by atoms with Gasteiger partial charge in [0.15, 0.2) is 5.82 Å². The lowest BCUT2D eigenvalue weighted by atomic mass is 10.2. The first-order valence-corrected chi connectivity index (χ1v) is 6.14. The highest BCUT2D eigenvalue weighted by atomic mass is 79.9. The maximum Gasteiger partial charge on any atom is 0.159 e. The molecule has 88 valence electrons. The van der Waals surface area contributed by atoms with Crippen LogP contribution in [0.3, 0.4) is 0 Å². The summed E-state index contributed by atoms with van der Waals surface area (Å²) in [5, 5.41) is 0. The lowest BCUT2D eigenvalue weighted by Crippen LogP contribution is -2.31. The van der Waals surface area contributed by atoms with Gasteiger partial charge < -0.3 is 10.3 Å². The Labute approximate surface area is 104 Å². The Balaban J connectivity index is 2.24. The molecule has 1 unspecified atom stereocenters. The van der Waals surface area contributed by atoms with E-state index in [0.29, 0.717) is 11.9 Å². The van der Waals surface area contributed by atoms with Crippen molar-refractivity contribution in [2.45, 2.75) is 25.8 Å². The van der Waals surface area contributed by atoms with Crippen molar-refractivity contribution in [3.63, 3.8) is 0 Å². The minimum atomic E-state index is 0.497. The number of hydrogen-bond acceptors (Lipinski definition) is 5. The number of anilines is 2. The summed E-state index contributed by atoms with van der Waals surface area (Å²) in [5.74, 6) is 7.66. The van der Waals surface area contributed by atoms with Gasteiger partial charge in [-0.05, 0) is 41.6 Å². The van der Waals surface area contributed by atoms with Gasteiger partial charge in [-0.25, -0.2) is 15.8 Å². The van der Waals surface area contributed by atoms with Crippen molar-refractivity contribution in [3.05, 3.63) is 10.8 Å². The second kappa shape index (κ2) is 4.55. The number of nitrogens with zero attached hydrogens (tertiary/aromatic N) is 3. The van der Waals surface area contributed by atoms with E-state index in [-0.39, 0.29) is 0 Å². The van der Waals surface area contributed by atoms with Crippen LogP contribution in [-0.4, -0.2) is 23.1 Å². The molecule has 0 aliphatic heterocycles. The predicted octanol–water partition coefficient (Wildman–Crippen LogP) is 1.76. The molecule has 1 aliphatic carbocycles. The third-order valence-electron chi connectivity index (χ3n) is 3.16. The van der Waals surface area contributed by atoms with Crippen LogP contribution in [0.5, 0.6) is 0 Å². The topological polar surface area (TPSA) is 67.1 Å². The van der Waals surface area contributed by atoms with Crippen LogP contribution in [0.1, 0.15) is 19.8 Å². The van der Waals surface area contributed by atoms with Crippen LogP contribution < -0.4 is 16.2 Å². The van der Waals surface area contributed by atoms with Crippen LogP contribution in [0.2, 0.25) is 0 Å². The third kappa shape index (κ3) is 2.12.